The zero-order valence-corrected chi connectivity index (χ0v) is 14.6. The van der Waals surface area contributed by atoms with Gasteiger partial charge in [0.2, 0.25) is 0 Å². The topological polar surface area (TPSA) is 38.8 Å². The summed E-state index contributed by atoms with van der Waals surface area (Å²) in [6.07, 6.45) is 0. The van der Waals surface area contributed by atoms with Gasteiger partial charge in [-0.25, -0.2) is 0 Å². The van der Waals surface area contributed by atoms with Crippen LogP contribution in [0, 0.1) is 13.8 Å². The van der Waals surface area contributed by atoms with Crippen molar-refractivity contribution in [1.29, 1.82) is 0 Å². The van der Waals surface area contributed by atoms with Crippen molar-refractivity contribution >= 4 is 11.6 Å². The number of aryl methyl sites for hydroxylation is 2. The molecule has 4 nitrogen and oxygen atoms in total. The fourth-order valence-electron chi connectivity index (χ4n) is 2.79. The average molecular weight is 325 g/mol. The number of hydrogen-bond acceptors (Lipinski definition) is 3. The number of hydrogen-bond donors (Lipinski definition) is 0. The molecule has 1 heterocycles. The largest absolute Gasteiger partial charge is 0.492 e. The minimum atomic E-state index is -0.869. The molecule has 0 spiro atoms. The second-order valence-electron chi connectivity index (χ2n) is 6.70. The van der Waals surface area contributed by atoms with Crippen molar-refractivity contribution in [2.24, 2.45) is 0 Å². The number of amides is 1. The first kappa shape index (κ1) is 16.4. The minimum absolute atomic E-state index is 0.0480. The van der Waals surface area contributed by atoms with Gasteiger partial charge >= 0.3 is 0 Å². The van der Waals surface area contributed by atoms with Crippen molar-refractivity contribution in [2.45, 2.75) is 33.3 Å². The van der Waals surface area contributed by atoms with Gasteiger partial charge in [0, 0.05) is 0 Å². The van der Waals surface area contributed by atoms with E-state index in [0.29, 0.717) is 13.2 Å². The van der Waals surface area contributed by atoms with Crippen LogP contribution in [0.1, 0.15) is 25.0 Å². The molecule has 1 aliphatic heterocycles. The number of rotatable bonds is 4. The zero-order chi connectivity index (χ0) is 17.3. The second-order valence-corrected chi connectivity index (χ2v) is 6.70. The van der Waals surface area contributed by atoms with E-state index in [2.05, 4.69) is 0 Å². The highest BCUT2D eigenvalue weighted by Crippen LogP contribution is 2.38. The third kappa shape index (κ3) is 3.23. The summed E-state index contributed by atoms with van der Waals surface area (Å²) in [6.45, 7) is 8.55. The predicted molar refractivity (Wildman–Crippen MR) is 94.9 cm³/mol. The highest BCUT2D eigenvalue weighted by Gasteiger charge is 2.40. The Hall–Kier alpha value is -2.49. The van der Waals surface area contributed by atoms with Gasteiger partial charge in [-0.15, -0.1) is 0 Å². The number of carbonyl (C=O) groups is 1. The van der Waals surface area contributed by atoms with E-state index in [9.17, 15) is 4.79 Å². The van der Waals surface area contributed by atoms with Gasteiger partial charge in [-0.3, -0.25) is 4.79 Å². The molecule has 3 rings (SSSR count). The van der Waals surface area contributed by atoms with Crippen molar-refractivity contribution in [3.8, 4) is 11.5 Å². The predicted octanol–water partition coefficient (Wildman–Crippen LogP) is 3.89. The molecule has 0 bridgehead atoms. The second kappa shape index (κ2) is 6.19. The van der Waals surface area contributed by atoms with Gasteiger partial charge in [0.25, 0.3) is 5.91 Å². The monoisotopic (exact) mass is 325 g/mol. The minimum Gasteiger partial charge on any atom is -0.492 e. The van der Waals surface area contributed by atoms with Gasteiger partial charge in [0.15, 0.2) is 5.60 Å². The Morgan fingerprint density at radius 1 is 1.04 bits per heavy atom. The van der Waals surface area contributed by atoms with Crippen LogP contribution in [0.2, 0.25) is 0 Å². The molecular weight excluding hydrogens is 302 g/mol. The summed E-state index contributed by atoms with van der Waals surface area (Å²) < 4.78 is 11.7. The van der Waals surface area contributed by atoms with E-state index in [1.54, 1.807) is 18.7 Å². The molecule has 0 saturated heterocycles. The molecule has 4 heteroatoms. The Morgan fingerprint density at radius 2 is 1.71 bits per heavy atom. The Morgan fingerprint density at radius 3 is 2.42 bits per heavy atom. The molecule has 0 fully saturated rings. The van der Waals surface area contributed by atoms with Crippen LogP contribution in [-0.4, -0.2) is 24.7 Å². The smallest absolute Gasteiger partial charge is 0.270 e. The number of anilines is 1. The lowest BCUT2D eigenvalue weighted by molar-refractivity contribution is -0.132. The summed E-state index contributed by atoms with van der Waals surface area (Å²) in [5.74, 6) is 1.50. The summed E-state index contributed by atoms with van der Waals surface area (Å²) in [4.78, 5) is 14.5. The van der Waals surface area contributed by atoms with Crippen molar-refractivity contribution < 1.29 is 14.3 Å². The summed E-state index contributed by atoms with van der Waals surface area (Å²) in [6, 6.07) is 13.8. The first-order valence-corrected chi connectivity index (χ1v) is 8.18. The molecule has 0 atom stereocenters. The molecule has 0 radical (unpaired) electrons. The van der Waals surface area contributed by atoms with Gasteiger partial charge in [0.1, 0.15) is 18.1 Å². The standard InChI is InChI=1S/C20H23NO3/c1-14-5-8-16(9-6-14)23-12-11-21-17-13-15(2)7-10-18(17)24-20(3,4)19(21)22/h5-10,13H,11-12H2,1-4H3. The van der Waals surface area contributed by atoms with Crippen molar-refractivity contribution in [3.05, 3.63) is 53.6 Å². The molecule has 0 aromatic heterocycles. The van der Waals surface area contributed by atoms with E-state index in [-0.39, 0.29) is 5.91 Å². The van der Waals surface area contributed by atoms with E-state index in [0.717, 1.165) is 22.7 Å². The summed E-state index contributed by atoms with van der Waals surface area (Å²) in [7, 11) is 0. The number of fused-ring (bicyclic) bond motifs is 1. The zero-order valence-electron chi connectivity index (χ0n) is 14.6. The Balaban J connectivity index is 1.77. The number of carbonyl (C=O) groups excluding carboxylic acids is 1. The summed E-state index contributed by atoms with van der Waals surface area (Å²) >= 11 is 0. The van der Waals surface area contributed by atoms with Crippen LogP contribution in [0.4, 0.5) is 5.69 Å². The maximum Gasteiger partial charge on any atom is 0.270 e. The van der Waals surface area contributed by atoms with Gasteiger partial charge in [0.05, 0.1) is 12.2 Å². The third-order valence-corrected chi connectivity index (χ3v) is 4.14. The Labute approximate surface area is 143 Å². The Kier molecular flexibility index (Phi) is 4.22. The maximum absolute atomic E-state index is 12.8. The Bertz CT molecular complexity index is 750. The number of ether oxygens (including phenoxy) is 2. The fraction of sp³-hybridized carbons (Fsp3) is 0.350. The van der Waals surface area contributed by atoms with E-state index in [1.165, 1.54) is 5.56 Å². The molecule has 0 aliphatic carbocycles. The lowest BCUT2D eigenvalue weighted by Crippen LogP contribution is -2.53. The highest BCUT2D eigenvalue weighted by molar-refractivity contribution is 6.02. The van der Waals surface area contributed by atoms with E-state index in [4.69, 9.17) is 9.47 Å². The third-order valence-electron chi connectivity index (χ3n) is 4.14. The first-order chi connectivity index (χ1) is 11.4. The van der Waals surface area contributed by atoms with E-state index < -0.39 is 5.60 Å². The number of benzene rings is 2. The molecule has 1 amide bonds. The molecule has 2 aromatic rings. The van der Waals surface area contributed by atoms with E-state index in [1.807, 2.05) is 56.3 Å². The molecule has 24 heavy (non-hydrogen) atoms. The van der Waals surface area contributed by atoms with Gasteiger partial charge in [-0.05, 0) is 57.5 Å². The van der Waals surface area contributed by atoms with Gasteiger partial charge in [-0.1, -0.05) is 23.8 Å². The van der Waals surface area contributed by atoms with Crippen LogP contribution in [0.3, 0.4) is 0 Å². The maximum atomic E-state index is 12.8. The molecule has 0 unspecified atom stereocenters. The number of nitrogens with zero attached hydrogens (tertiary/aromatic N) is 1. The molecule has 1 aliphatic rings. The van der Waals surface area contributed by atoms with Gasteiger partial charge in [-0.2, -0.15) is 0 Å². The average Bonchev–Trinajstić information content (AvgIpc) is 2.53. The summed E-state index contributed by atoms with van der Waals surface area (Å²) in [5, 5.41) is 0. The van der Waals surface area contributed by atoms with Crippen LogP contribution in [-0.2, 0) is 4.79 Å². The van der Waals surface area contributed by atoms with Crippen LogP contribution < -0.4 is 14.4 Å². The molecular formula is C20H23NO3. The van der Waals surface area contributed by atoms with Crippen molar-refractivity contribution in [3.63, 3.8) is 0 Å². The normalized spacial score (nSPS) is 15.7. The fourth-order valence-corrected chi connectivity index (χ4v) is 2.79. The van der Waals surface area contributed by atoms with Gasteiger partial charge < -0.3 is 14.4 Å². The van der Waals surface area contributed by atoms with Crippen LogP contribution in [0.25, 0.3) is 0 Å². The molecule has 2 aromatic carbocycles. The molecule has 0 N–H and O–H groups in total. The lowest BCUT2D eigenvalue weighted by atomic mass is 10.0. The van der Waals surface area contributed by atoms with E-state index >= 15 is 0 Å². The SMILES string of the molecule is Cc1ccc(OCCN2C(=O)C(C)(C)Oc3ccc(C)cc32)cc1. The highest BCUT2D eigenvalue weighted by atomic mass is 16.5. The lowest BCUT2D eigenvalue weighted by Gasteiger charge is -2.38. The van der Waals surface area contributed by atoms with Crippen LogP contribution >= 0.6 is 0 Å². The molecule has 126 valence electrons. The van der Waals surface area contributed by atoms with Crippen molar-refractivity contribution in [2.75, 3.05) is 18.1 Å². The first-order valence-electron chi connectivity index (χ1n) is 8.18. The van der Waals surface area contributed by atoms with Crippen LogP contribution in [0.15, 0.2) is 42.5 Å². The summed E-state index contributed by atoms with van der Waals surface area (Å²) in [5.41, 5.74) is 2.23. The molecule has 0 saturated carbocycles. The quantitative estimate of drug-likeness (QED) is 0.856. The van der Waals surface area contributed by atoms with Crippen LogP contribution in [0.5, 0.6) is 11.5 Å². The van der Waals surface area contributed by atoms with Crippen molar-refractivity contribution in [1.82, 2.24) is 0 Å².